The quantitative estimate of drug-likeness (QED) is 0.533. The zero-order valence-corrected chi connectivity index (χ0v) is 12.3. The van der Waals surface area contributed by atoms with E-state index in [1.165, 1.54) is 14.2 Å². The average Bonchev–Trinajstić information content (AvgIpc) is 2.67. The maximum atomic E-state index is 11.7. The molecule has 0 radical (unpaired) electrons. The van der Waals surface area contributed by atoms with Crippen LogP contribution in [0.1, 0.15) is 19.3 Å². The van der Waals surface area contributed by atoms with Crippen LogP contribution in [0.4, 0.5) is 0 Å². The molecular formula is C16H20O5. The fourth-order valence-corrected chi connectivity index (χ4v) is 1.72. The highest BCUT2D eigenvalue weighted by Gasteiger charge is 2.18. The van der Waals surface area contributed by atoms with Gasteiger partial charge >= 0.3 is 11.9 Å². The van der Waals surface area contributed by atoms with Gasteiger partial charge in [0.05, 0.1) is 20.0 Å². The summed E-state index contributed by atoms with van der Waals surface area (Å²) in [5, 5.41) is 0. The van der Waals surface area contributed by atoms with Crippen LogP contribution in [0.15, 0.2) is 48.3 Å². The first-order valence-electron chi connectivity index (χ1n) is 6.60. The Bertz CT molecular complexity index is 485. The number of carbonyl (C=O) groups is 2. The highest BCUT2D eigenvalue weighted by molar-refractivity contribution is 5.78. The second-order valence-corrected chi connectivity index (χ2v) is 4.37. The second-order valence-electron chi connectivity index (χ2n) is 4.37. The van der Waals surface area contributed by atoms with E-state index in [1.807, 2.05) is 18.2 Å². The summed E-state index contributed by atoms with van der Waals surface area (Å²) in [6.07, 6.45) is 9.28. The van der Waals surface area contributed by atoms with E-state index in [-0.39, 0.29) is 12.8 Å². The van der Waals surface area contributed by atoms with Gasteiger partial charge in [0.25, 0.3) is 0 Å². The lowest BCUT2D eigenvalue weighted by atomic mass is 10.1. The summed E-state index contributed by atoms with van der Waals surface area (Å²) in [7, 11) is 2.81. The molecule has 0 heterocycles. The van der Waals surface area contributed by atoms with Crippen LogP contribution >= 0.6 is 0 Å². The molecule has 21 heavy (non-hydrogen) atoms. The van der Waals surface area contributed by atoms with Crippen molar-refractivity contribution in [3.8, 4) is 0 Å². The smallest absolute Gasteiger partial charge is 0.311 e. The van der Waals surface area contributed by atoms with Gasteiger partial charge < -0.3 is 14.2 Å². The SMILES string of the molecule is C=CCC1=CC=C(OC(=O)CCC(=O)OC)C(OC)C=C1. The molecule has 0 amide bonds. The van der Waals surface area contributed by atoms with E-state index in [1.54, 1.807) is 12.2 Å². The summed E-state index contributed by atoms with van der Waals surface area (Å²) in [4.78, 5) is 22.7. The van der Waals surface area contributed by atoms with Gasteiger partial charge in [0.15, 0.2) is 0 Å². The third-order valence-electron chi connectivity index (χ3n) is 2.85. The number of ether oxygens (including phenoxy) is 3. The molecule has 0 saturated carbocycles. The van der Waals surface area contributed by atoms with Gasteiger partial charge in [0.2, 0.25) is 0 Å². The normalized spacial score (nSPS) is 17.3. The lowest BCUT2D eigenvalue weighted by Gasteiger charge is -2.14. The molecule has 0 spiro atoms. The van der Waals surface area contributed by atoms with Crippen molar-refractivity contribution in [3.63, 3.8) is 0 Å². The number of hydrogen-bond donors (Lipinski definition) is 0. The molecule has 1 aliphatic rings. The number of hydrogen-bond acceptors (Lipinski definition) is 5. The molecule has 1 rings (SSSR count). The maximum absolute atomic E-state index is 11.7. The standard InChI is InChI=1S/C16H20O5/c1-4-5-12-6-8-13(19-2)14(9-7-12)21-16(18)11-10-15(17)20-3/h4,6-9,13H,1,5,10-11H2,2-3H3. The van der Waals surface area contributed by atoms with E-state index < -0.39 is 18.0 Å². The molecule has 0 aromatic heterocycles. The van der Waals surface area contributed by atoms with Crippen LogP contribution in [-0.4, -0.2) is 32.3 Å². The summed E-state index contributed by atoms with van der Waals surface area (Å²) in [5.41, 5.74) is 1.03. The fourth-order valence-electron chi connectivity index (χ4n) is 1.72. The molecule has 0 aromatic carbocycles. The van der Waals surface area contributed by atoms with Crippen molar-refractivity contribution >= 4 is 11.9 Å². The van der Waals surface area contributed by atoms with Crippen LogP contribution in [0.5, 0.6) is 0 Å². The summed E-state index contributed by atoms with van der Waals surface area (Å²) < 4.78 is 15.0. The highest BCUT2D eigenvalue weighted by Crippen LogP contribution is 2.18. The molecule has 5 nitrogen and oxygen atoms in total. The Morgan fingerprint density at radius 3 is 2.57 bits per heavy atom. The number of methoxy groups -OCH3 is 2. The first kappa shape index (κ1) is 16.9. The number of esters is 2. The molecule has 114 valence electrons. The van der Waals surface area contributed by atoms with Crippen LogP contribution in [0.25, 0.3) is 0 Å². The zero-order chi connectivity index (χ0) is 15.7. The number of allylic oxidation sites excluding steroid dienone is 5. The first-order valence-corrected chi connectivity index (χ1v) is 6.60. The maximum Gasteiger partial charge on any atom is 0.311 e. The minimum atomic E-state index is -0.498. The van der Waals surface area contributed by atoms with E-state index in [9.17, 15) is 9.59 Å². The van der Waals surface area contributed by atoms with E-state index in [4.69, 9.17) is 9.47 Å². The largest absolute Gasteiger partial charge is 0.469 e. The van der Waals surface area contributed by atoms with E-state index in [0.29, 0.717) is 12.2 Å². The third kappa shape index (κ3) is 5.79. The Morgan fingerprint density at radius 2 is 1.95 bits per heavy atom. The van der Waals surface area contributed by atoms with Crippen molar-refractivity contribution in [2.24, 2.45) is 0 Å². The van der Waals surface area contributed by atoms with Crippen molar-refractivity contribution in [2.45, 2.75) is 25.4 Å². The van der Waals surface area contributed by atoms with Gasteiger partial charge in [0, 0.05) is 7.11 Å². The van der Waals surface area contributed by atoms with Crippen LogP contribution in [-0.2, 0) is 23.8 Å². The van der Waals surface area contributed by atoms with E-state index >= 15 is 0 Å². The molecule has 0 N–H and O–H groups in total. The van der Waals surface area contributed by atoms with Gasteiger partial charge in [-0.1, -0.05) is 18.2 Å². The molecule has 1 unspecified atom stereocenters. The fraction of sp³-hybridized carbons (Fsp3) is 0.375. The second kappa shape index (κ2) is 8.92. The van der Waals surface area contributed by atoms with Gasteiger partial charge in [0.1, 0.15) is 11.9 Å². The lowest BCUT2D eigenvalue weighted by molar-refractivity contribution is -0.147. The molecule has 1 aliphatic carbocycles. The van der Waals surface area contributed by atoms with Crippen molar-refractivity contribution in [3.05, 3.63) is 48.3 Å². The molecule has 0 aromatic rings. The number of rotatable bonds is 7. The Kier molecular flexibility index (Phi) is 7.18. The predicted molar refractivity (Wildman–Crippen MR) is 78.3 cm³/mol. The summed E-state index contributed by atoms with van der Waals surface area (Å²) in [6.45, 7) is 3.69. The minimum Gasteiger partial charge on any atom is -0.469 e. The van der Waals surface area contributed by atoms with Gasteiger partial charge in [-0.2, -0.15) is 0 Å². The summed E-state index contributed by atoms with van der Waals surface area (Å²) in [5.74, 6) is -0.552. The Hall–Kier alpha value is -2.14. The number of carbonyl (C=O) groups excluding carboxylic acids is 2. The van der Waals surface area contributed by atoms with Gasteiger partial charge in [-0.15, -0.1) is 6.58 Å². The van der Waals surface area contributed by atoms with Crippen LogP contribution in [0.2, 0.25) is 0 Å². The topological polar surface area (TPSA) is 61.8 Å². The lowest BCUT2D eigenvalue weighted by Crippen LogP contribution is -2.17. The Balaban J connectivity index is 2.69. The molecule has 0 bridgehead atoms. The van der Waals surface area contributed by atoms with Crippen LogP contribution in [0, 0.1) is 0 Å². The molecule has 0 saturated heterocycles. The monoisotopic (exact) mass is 292 g/mol. The minimum absolute atomic E-state index is 0.00629. The first-order chi connectivity index (χ1) is 10.1. The van der Waals surface area contributed by atoms with Crippen molar-refractivity contribution in [2.75, 3.05) is 14.2 Å². The highest BCUT2D eigenvalue weighted by atomic mass is 16.6. The van der Waals surface area contributed by atoms with Gasteiger partial charge in [-0.05, 0) is 24.1 Å². The molecule has 0 aliphatic heterocycles. The molecule has 5 heteroatoms. The summed E-state index contributed by atoms with van der Waals surface area (Å²) in [6, 6.07) is 0. The Morgan fingerprint density at radius 1 is 1.24 bits per heavy atom. The predicted octanol–water partition coefficient (Wildman–Crippen LogP) is 2.45. The average molecular weight is 292 g/mol. The van der Waals surface area contributed by atoms with E-state index in [0.717, 1.165) is 5.57 Å². The van der Waals surface area contributed by atoms with E-state index in [2.05, 4.69) is 11.3 Å². The molecule has 1 atom stereocenters. The van der Waals surface area contributed by atoms with Crippen LogP contribution in [0.3, 0.4) is 0 Å². The molecule has 0 fully saturated rings. The van der Waals surface area contributed by atoms with Gasteiger partial charge in [-0.25, -0.2) is 0 Å². The zero-order valence-electron chi connectivity index (χ0n) is 12.3. The van der Waals surface area contributed by atoms with Crippen molar-refractivity contribution in [1.29, 1.82) is 0 Å². The molecular weight excluding hydrogens is 272 g/mol. The van der Waals surface area contributed by atoms with Gasteiger partial charge in [-0.3, -0.25) is 9.59 Å². The van der Waals surface area contributed by atoms with Crippen molar-refractivity contribution < 1.29 is 23.8 Å². The van der Waals surface area contributed by atoms with Crippen molar-refractivity contribution in [1.82, 2.24) is 0 Å². The summed E-state index contributed by atoms with van der Waals surface area (Å²) >= 11 is 0. The Labute approximate surface area is 124 Å². The third-order valence-corrected chi connectivity index (χ3v) is 2.85. The van der Waals surface area contributed by atoms with Crippen LogP contribution < -0.4 is 0 Å².